The molecule has 0 spiro atoms. The molecule has 0 fully saturated rings. The minimum absolute atomic E-state index is 0.680. The Hall–Kier alpha value is -2.04. The molecule has 1 radical (unpaired) electrons. The normalized spacial score (nSPS) is 9.33. The fraction of sp³-hybridized carbons (Fsp3) is 0. The van der Waals surface area contributed by atoms with Crippen LogP contribution in [0.4, 0.5) is 0 Å². The molecule has 0 unspecified atom stereocenters. The lowest BCUT2D eigenvalue weighted by molar-refractivity contribution is 0.458. The highest BCUT2D eigenvalue weighted by Crippen LogP contribution is 2.08. The van der Waals surface area contributed by atoms with E-state index < -0.39 is 0 Å². The van der Waals surface area contributed by atoms with Crippen molar-refractivity contribution in [2.45, 2.75) is 0 Å². The minimum atomic E-state index is 0.680. The molecule has 15 heavy (non-hydrogen) atoms. The van der Waals surface area contributed by atoms with Crippen LogP contribution in [0.2, 0.25) is 0 Å². The van der Waals surface area contributed by atoms with Gasteiger partial charge in [0.2, 0.25) is 0 Å². The Morgan fingerprint density at radius 2 is 1.13 bits per heavy atom. The van der Waals surface area contributed by atoms with Crippen molar-refractivity contribution in [2.75, 3.05) is 0 Å². The molecule has 0 amide bonds. The highest BCUT2D eigenvalue weighted by molar-refractivity contribution is 6.20. The molecule has 4 nitrogen and oxygen atoms in total. The maximum Gasteiger partial charge on any atom is 0.658 e. The predicted molar refractivity (Wildman–Crippen MR) is 55.5 cm³/mol. The summed E-state index contributed by atoms with van der Waals surface area (Å²) in [5, 5.41) is 0. The van der Waals surface area contributed by atoms with Crippen LogP contribution in [0.5, 0.6) is 11.5 Å². The van der Waals surface area contributed by atoms with E-state index in [9.17, 15) is 0 Å². The first-order valence-corrected chi connectivity index (χ1v) is 4.40. The van der Waals surface area contributed by atoms with Crippen LogP contribution in [0.15, 0.2) is 49.1 Å². The molecule has 2 heterocycles. The van der Waals surface area contributed by atoms with E-state index in [-0.39, 0.29) is 0 Å². The van der Waals surface area contributed by atoms with E-state index >= 15 is 0 Å². The molecule has 0 aliphatic rings. The molecule has 73 valence electrons. The van der Waals surface area contributed by atoms with E-state index in [4.69, 9.17) is 9.31 Å². The van der Waals surface area contributed by atoms with Gasteiger partial charge in [-0.15, -0.1) is 0 Å². The molecular weight excluding hydrogens is 191 g/mol. The van der Waals surface area contributed by atoms with Crippen LogP contribution in [-0.2, 0) is 0 Å². The third-order valence-electron chi connectivity index (χ3n) is 1.67. The summed E-state index contributed by atoms with van der Waals surface area (Å²) in [6, 6.07) is 6.97. The van der Waals surface area contributed by atoms with E-state index in [0.717, 1.165) is 0 Å². The van der Waals surface area contributed by atoms with Crippen molar-refractivity contribution in [3.63, 3.8) is 0 Å². The van der Waals surface area contributed by atoms with Crippen LogP contribution < -0.4 is 9.31 Å². The molecular formula is C10H8BN2O2. The molecule has 0 bridgehead atoms. The van der Waals surface area contributed by atoms with Gasteiger partial charge in [0.25, 0.3) is 0 Å². The first-order chi connectivity index (χ1) is 7.45. The molecule has 0 atom stereocenters. The van der Waals surface area contributed by atoms with Gasteiger partial charge in [0.15, 0.2) is 0 Å². The third kappa shape index (κ3) is 2.98. The summed E-state index contributed by atoms with van der Waals surface area (Å²) in [6.07, 6.45) is 6.59. The second-order valence-corrected chi connectivity index (χ2v) is 2.70. The standard InChI is InChI=1S/C10H8BN2O2/c1-5-12-6-2-9(1)14-11-15-10-3-7-13-8-4-10/h1-8H. The van der Waals surface area contributed by atoms with Gasteiger partial charge >= 0.3 is 7.69 Å². The summed E-state index contributed by atoms with van der Waals surface area (Å²) in [7, 11) is 1.27. The summed E-state index contributed by atoms with van der Waals surface area (Å²) < 4.78 is 10.4. The summed E-state index contributed by atoms with van der Waals surface area (Å²) >= 11 is 0. The van der Waals surface area contributed by atoms with Crippen molar-refractivity contribution in [1.82, 2.24) is 9.97 Å². The van der Waals surface area contributed by atoms with E-state index in [1.54, 1.807) is 49.1 Å². The smallest absolute Gasteiger partial charge is 0.526 e. The number of aromatic nitrogens is 2. The third-order valence-corrected chi connectivity index (χ3v) is 1.67. The molecule has 0 aliphatic carbocycles. The van der Waals surface area contributed by atoms with Gasteiger partial charge < -0.3 is 9.31 Å². The lowest BCUT2D eigenvalue weighted by atomic mass is 10.3. The molecule has 2 aromatic heterocycles. The second kappa shape index (κ2) is 5.00. The molecule has 0 aromatic carbocycles. The van der Waals surface area contributed by atoms with Gasteiger partial charge in [-0.2, -0.15) is 0 Å². The van der Waals surface area contributed by atoms with E-state index in [2.05, 4.69) is 9.97 Å². The minimum Gasteiger partial charge on any atom is -0.526 e. The average Bonchev–Trinajstić information content (AvgIpc) is 2.32. The van der Waals surface area contributed by atoms with Crippen molar-refractivity contribution in [3.8, 4) is 11.5 Å². The van der Waals surface area contributed by atoms with Gasteiger partial charge in [-0.05, 0) is 24.3 Å². The highest BCUT2D eigenvalue weighted by atomic mass is 16.6. The molecule has 0 saturated heterocycles. The lowest BCUT2D eigenvalue weighted by Gasteiger charge is -2.04. The van der Waals surface area contributed by atoms with Crippen LogP contribution in [0, 0.1) is 0 Å². The van der Waals surface area contributed by atoms with Crippen molar-refractivity contribution >= 4 is 7.69 Å². The summed E-state index contributed by atoms with van der Waals surface area (Å²) in [4.78, 5) is 7.74. The summed E-state index contributed by atoms with van der Waals surface area (Å²) in [5.41, 5.74) is 0. The monoisotopic (exact) mass is 199 g/mol. The quantitative estimate of drug-likeness (QED) is 0.699. The maximum absolute atomic E-state index is 5.20. The Labute approximate surface area is 88.2 Å². The van der Waals surface area contributed by atoms with Gasteiger partial charge in [-0.25, -0.2) is 0 Å². The van der Waals surface area contributed by atoms with Crippen LogP contribution in [0.3, 0.4) is 0 Å². The van der Waals surface area contributed by atoms with E-state index in [0.29, 0.717) is 11.5 Å². The van der Waals surface area contributed by atoms with Crippen LogP contribution in [0.25, 0.3) is 0 Å². The fourth-order valence-electron chi connectivity index (χ4n) is 0.969. The van der Waals surface area contributed by atoms with Gasteiger partial charge in [-0.1, -0.05) is 0 Å². The zero-order chi connectivity index (χ0) is 10.3. The van der Waals surface area contributed by atoms with Gasteiger partial charge in [-0.3, -0.25) is 9.97 Å². The lowest BCUT2D eigenvalue weighted by Crippen LogP contribution is -2.10. The Balaban J connectivity index is 1.81. The van der Waals surface area contributed by atoms with Crippen molar-refractivity contribution < 1.29 is 9.31 Å². The summed E-state index contributed by atoms with van der Waals surface area (Å²) in [5.74, 6) is 1.36. The zero-order valence-corrected chi connectivity index (χ0v) is 7.91. The molecule has 0 saturated carbocycles. The van der Waals surface area contributed by atoms with Gasteiger partial charge in [0.05, 0.1) is 0 Å². The second-order valence-electron chi connectivity index (χ2n) is 2.70. The van der Waals surface area contributed by atoms with E-state index in [1.807, 2.05) is 0 Å². The SMILES string of the molecule is [B](Oc1ccncc1)Oc1ccncc1. The summed E-state index contributed by atoms with van der Waals surface area (Å²) in [6.45, 7) is 0. The van der Waals surface area contributed by atoms with Crippen LogP contribution >= 0.6 is 0 Å². The highest BCUT2D eigenvalue weighted by Gasteiger charge is 1.99. The van der Waals surface area contributed by atoms with E-state index in [1.165, 1.54) is 7.69 Å². The topological polar surface area (TPSA) is 44.2 Å². The first kappa shape index (κ1) is 9.52. The fourth-order valence-corrected chi connectivity index (χ4v) is 0.969. The molecule has 5 heteroatoms. The number of nitrogens with zero attached hydrogens (tertiary/aromatic N) is 2. The zero-order valence-electron chi connectivity index (χ0n) is 7.91. The predicted octanol–water partition coefficient (Wildman–Crippen LogP) is 1.47. The molecule has 2 aromatic rings. The van der Waals surface area contributed by atoms with Crippen molar-refractivity contribution in [3.05, 3.63) is 49.1 Å². The number of rotatable bonds is 4. The average molecular weight is 199 g/mol. The number of pyridine rings is 2. The number of hydrogen-bond donors (Lipinski definition) is 0. The first-order valence-electron chi connectivity index (χ1n) is 4.40. The Morgan fingerprint density at radius 1 is 0.733 bits per heavy atom. The van der Waals surface area contributed by atoms with Crippen LogP contribution in [0.1, 0.15) is 0 Å². The molecule has 0 aliphatic heterocycles. The maximum atomic E-state index is 5.20. The molecule has 0 N–H and O–H groups in total. The number of hydrogen-bond acceptors (Lipinski definition) is 4. The Bertz CT molecular complexity index is 357. The Morgan fingerprint density at radius 3 is 1.53 bits per heavy atom. The van der Waals surface area contributed by atoms with Crippen molar-refractivity contribution in [1.29, 1.82) is 0 Å². The van der Waals surface area contributed by atoms with Gasteiger partial charge in [0, 0.05) is 24.8 Å². The van der Waals surface area contributed by atoms with Crippen molar-refractivity contribution in [2.24, 2.45) is 0 Å². The molecule has 2 rings (SSSR count). The van der Waals surface area contributed by atoms with Crippen LogP contribution in [-0.4, -0.2) is 17.7 Å². The Kier molecular flexibility index (Phi) is 3.17. The van der Waals surface area contributed by atoms with Gasteiger partial charge in [0.1, 0.15) is 11.5 Å². The largest absolute Gasteiger partial charge is 0.658 e.